The van der Waals surface area contributed by atoms with Gasteiger partial charge in [0.2, 0.25) is 0 Å². The molecule has 0 bridgehead atoms. The van der Waals surface area contributed by atoms with E-state index in [-0.39, 0.29) is 16.7 Å². The van der Waals surface area contributed by atoms with Crippen LogP contribution in [0.5, 0.6) is 0 Å². The molecule has 0 saturated carbocycles. The van der Waals surface area contributed by atoms with E-state index >= 15 is 0 Å². The van der Waals surface area contributed by atoms with E-state index in [1.165, 1.54) is 0 Å². The monoisotopic (exact) mass is 445 g/mol. The zero-order valence-corrected chi connectivity index (χ0v) is 19.8. The van der Waals surface area contributed by atoms with Crippen LogP contribution >= 0.6 is 0 Å². The second kappa shape index (κ2) is 8.52. The van der Waals surface area contributed by atoms with Gasteiger partial charge in [0.05, 0.1) is 11.6 Å². The van der Waals surface area contributed by atoms with E-state index in [1.807, 2.05) is 67.5 Å². The van der Waals surface area contributed by atoms with Crippen molar-refractivity contribution in [3.63, 3.8) is 0 Å². The van der Waals surface area contributed by atoms with Gasteiger partial charge in [0, 0.05) is 35.8 Å². The molecule has 4 rings (SSSR count). The number of amides is 1. The van der Waals surface area contributed by atoms with Crippen LogP contribution in [0, 0.1) is 0 Å². The Morgan fingerprint density at radius 2 is 1.73 bits per heavy atom. The highest BCUT2D eigenvalue weighted by atomic mass is 16.3. The number of Topliss-reactive ketones (excluding diaryl/α,β-unsaturated/α-hetero) is 1. The molecule has 0 spiro atoms. The van der Waals surface area contributed by atoms with Crippen molar-refractivity contribution in [2.45, 2.75) is 32.2 Å². The third-order valence-corrected chi connectivity index (χ3v) is 6.26. The number of H-pyrrole nitrogens is 1. The van der Waals surface area contributed by atoms with Gasteiger partial charge in [-0.05, 0) is 36.7 Å². The maximum absolute atomic E-state index is 13.2. The van der Waals surface area contributed by atoms with Crippen molar-refractivity contribution >= 4 is 28.4 Å². The zero-order chi connectivity index (χ0) is 23.9. The highest BCUT2D eigenvalue weighted by molar-refractivity contribution is 6.46. The minimum atomic E-state index is -0.651. The summed E-state index contributed by atoms with van der Waals surface area (Å²) in [6, 6.07) is 14.9. The number of hydrogen-bond donors (Lipinski definition) is 2. The Labute approximate surface area is 194 Å². The van der Waals surface area contributed by atoms with Crippen molar-refractivity contribution in [3.05, 3.63) is 77.0 Å². The molecule has 1 fully saturated rings. The van der Waals surface area contributed by atoms with Gasteiger partial charge in [0.15, 0.2) is 0 Å². The number of aliphatic hydroxyl groups excluding tert-OH is 1. The van der Waals surface area contributed by atoms with Crippen LogP contribution in [0.4, 0.5) is 0 Å². The zero-order valence-electron chi connectivity index (χ0n) is 19.8. The lowest BCUT2D eigenvalue weighted by molar-refractivity contribution is -0.140. The third kappa shape index (κ3) is 4.18. The van der Waals surface area contributed by atoms with E-state index in [9.17, 15) is 14.7 Å². The molecule has 1 saturated heterocycles. The van der Waals surface area contributed by atoms with Crippen molar-refractivity contribution < 1.29 is 14.7 Å². The van der Waals surface area contributed by atoms with Crippen molar-refractivity contribution in [2.75, 3.05) is 27.2 Å². The number of hydrogen-bond acceptors (Lipinski definition) is 4. The number of likely N-dealkylation sites (tertiary alicyclic amines) is 1. The molecule has 0 radical (unpaired) electrons. The van der Waals surface area contributed by atoms with E-state index < -0.39 is 17.7 Å². The predicted octanol–water partition coefficient (Wildman–Crippen LogP) is 4.45. The van der Waals surface area contributed by atoms with Crippen LogP contribution < -0.4 is 0 Å². The molecule has 2 heterocycles. The number of aromatic amines is 1. The number of aliphatic hydroxyl groups is 1. The molecule has 0 aliphatic carbocycles. The van der Waals surface area contributed by atoms with Gasteiger partial charge in [-0.25, -0.2) is 0 Å². The summed E-state index contributed by atoms with van der Waals surface area (Å²) < 4.78 is 0. The Bertz CT molecular complexity index is 1230. The Balaban J connectivity index is 1.87. The van der Waals surface area contributed by atoms with Crippen molar-refractivity contribution in [1.29, 1.82) is 0 Å². The van der Waals surface area contributed by atoms with Gasteiger partial charge < -0.3 is 19.9 Å². The lowest BCUT2D eigenvalue weighted by Gasteiger charge is -2.27. The maximum Gasteiger partial charge on any atom is 0.295 e. The molecular formula is C27H31N3O3. The van der Waals surface area contributed by atoms with E-state index in [0.29, 0.717) is 18.7 Å². The van der Waals surface area contributed by atoms with Crippen LogP contribution in [0.3, 0.4) is 0 Å². The SMILES string of the molecule is CN(C)CCN1C(=O)C(=O)/C(=C(\O)c2c[nH]c3ccccc23)C1c1ccc(C(C)(C)C)cc1. The fourth-order valence-electron chi connectivity index (χ4n) is 4.34. The van der Waals surface area contributed by atoms with Gasteiger partial charge in [0.25, 0.3) is 11.7 Å². The number of benzene rings is 2. The number of fused-ring (bicyclic) bond motifs is 1. The topological polar surface area (TPSA) is 76.6 Å². The summed E-state index contributed by atoms with van der Waals surface area (Å²) in [6.45, 7) is 7.41. The third-order valence-electron chi connectivity index (χ3n) is 6.26. The minimum absolute atomic E-state index is 0.0185. The first-order chi connectivity index (χ1) is 15.6. The summed E-state index contributed by atoms with van der Waals surface area (Å²) in [4.78, 5) is 33.0. The number of carbonyl (C=O) groups excluding carboxylic acids is 2. The fourth-order valence-corrected chi connectivity index (χ4v) is 4.34. The fraction of sp³-hybridized carbons (Fsp3) is 0.333. The number of carbonyl (C=O) groups is 2. The highest BCUT2D eigenvalue weighted by Crippen LogP contribution is 2.40. The molecule has 1 unspecified atom stereocenters. The van der Waals surface area contributed by atoms with Gasteiger partial charge in [-0.15, -0.1) is 0 Å². The molecule has 3 aromatic rings. The van der Waals surface area contributed by atoms with Gasteiger partial charge in [-0.3, -0.25) is 9.59 Å². The van der Waals surface area contributed by atoms with Gasteiger partial charge in [-0.1, -0.05) is 63.2 Å². The van der Waals surface area contributed by atoms with E-state index in [4.69, 9.17) is 0 Å². The lowest BCUT2D eigenvalue weighted by Crippen LogP contribution is -2.35. The summed E-state index contributed by atoms with van der Waals surface area (Å²) in [7, 11) is 3.85. The average Bonchev–Trinajstić information content (AvgIpc) is 3.31. The lowest BCUT2D eigenvalue weighted by atomic mass is 9.85. The standard InChI is InChI=1S/C27H31N3O3/c1-27(2,3)18-12-10-17(11-13-18)23-22(25(32)26(33)30(23)15-14-29(4)5)24(31)20-16-28-21-9-7-6-8-19(20)21/h6-13,16,23,28,31H,14-15H2,1-5H3/b24-22-. The quantitative estimate of drug-likeness (QED) is 0.346. The number of aromatic nitrogens is 1. The average molecular weight is 446 g/mol. The van der Waals surface area contributed by atoms with Crippen LogP contribution in [0.2, 0.25) is 0 Å². The normalized spacial score (nSPS) is 18.6. The van der Waals surface area contributed by atoms with Crippen molar-refractivity contribution in [1.82, 2.24) is 14.8 Å². The number of nitrogens with one attached hydrogen (secondary N) is 1. The first-order valence-corrected chi connectivity index (χ1v) is 11.2. The van der Waals surface area contributed by atoms with Crippen LogP contribution in [0.1, 0.15) is 43.5 Å². The Morgan fingerprint density at radius 3 is 2.36 bits per heavy atom. The molecule has 1 aliphatic rings. The van der Waals surface area contributed by atoms with E-state index in [2.05, 4.69) is 25.8 Å². The van der Waals surface area contributed by atoms with Gasteiger partial charge in [0.1, 0.15) is 5.76 Å². The molecule has 33 heavy (non-hydrogen) atoms. The largest absolute Gasteiger partial charge is 0.507 e. The van der Waals surface area contributed by atoms with Crippen LogP contribution in [-0.4, -0.2) is 58.8 Å². The van der Waals surface area contributed by atoms with Crippen LogP contribution in [0.25, 0.3) is 16.7 Å². The predicted molar refractivity (Wildman–Crippen MR) is 131 cm³/mol. The maximum atomic E-state index is 13.2. The van der Waals surface area contributed by atoms with Gasteiger partial charge >= 0.3 is 0 Å². The number of rotatable bonds is 5. The molecule has 1 aliphatic heterocycles. The number of nitrogens with zero attached hydrogens (tertiary/aromatic N) is 2. The Kier molecular flexibility index (Phi) is 5.89. The van der Waals surface area contributed by atoms with Crippen LogP contribution in [-0.2, 0) is 15.0 Å². The smallest absolute Gasteiger partial charge is 0.295 e. The molecule has 1 amide bonds. The molecule has 2 N–H and O–H groups in total. The molecule has 6 nitrogen and oxygen atoms in total. The number of ketones is 1. The summed E-state index contributed by atoms with van der Waals surface area (Å²) in [5.74, 6) is -1.38. The summed E-state index contributed by atoms with van der Waals surface area (Å²) in [6.07, 6.45) is 1.69. The summed E-state index contributed by atoms with van der Waals surface area (Å²) in [5, 5.41) is 12.2. The molecule has 172 valence electrons. The first kappa shape index (κ1) is 22.8. The highest BCUT2D eigenvalue weighted by Gasteiger charge is 2.46. The number of para-hydroxylation sites is 1. The second-order valence-electron chi connectivity index (χ2n) is 9.92. The Morgan fingerprint density at radius 1 is 1.06 bits per heavy atom. The molecule has 1 aromatic heterocycles. The van der Waals surface area contributed by atoms with Crippen LogP contribution in [0.15, 0.2) is 60.3 Å². The summed E-state index contributed by atoms with van der Waals surface area (Å²) >= 11 is 0. The molecule has 2 aromatic carbocycles. The van der Waals surface area contributed by atoms with E-state index in [0.717, 1.165) is 22.0 Å². The van der Waals surface area contributed by atoms with Crippen molar-refractivity contribution in [2.24, 2.45) is 0 Å². The molecular weight excluding hydrogens is 414 g/mol. The molecule has 6 heteroatoms. The van der Waals surface area contributed by atoms with E-state index in [1.54, 1.807) is 11.1 Å². The minimum Gasteiger partial charge on any atom is -0.507 e. The van der Waals surface area contributed by atoms with Crippen molar-refractivity contribution in [3.8, 4) is 0 Å². The molecule has 1 atom stereocenters. The first-order valence-electron chi connectivity index (χ1n) is 11.2. The Hall–Kier alpha value is -3.38. The number of likely N-dealkylation sites (N-methyl/N-ethyl adjacent to an activating group) is 1. The second-order valence-corrected chi connectivity index (χ2v) is 9.92. The van der Waals surface area contributed by atoms with Gasteiger partial charge in [-0.2, -0.15) is 0 Å². The summed E-state index contributed by atoms with van der Waals surface area (Å²) in [5.41, 5.74) is 3.46.